The summed E-state index contributed by atoms with van der Waals surface area (Å²) >= 11 is 1.61. The molecule has 5 heteroatoms. The van der Waals surface area contributed by atoms with Crippen LogP contribution in [-0.4, -0.2) is 29.4 Å². The molecule has 1 aromatic heterocycles. The van der Waals surface area contributed by atoms with Gasteiger partial charge in [-0.3, -0.25) is 4.79 Å². The third kappa shape index (κ3) is 2.69. The standard InChI is InChI=1S/C13H14O4S/c1-17-12(15)7-10(14)13(16)9-2-3-11-8(6-9)4-5-18-11/h2-6,10,13-14,16H,7H2,1H3. The molecule has 18 heavy (non-hydrogen) atoms. The predicted molar refractivity (Wildman–Crippen MR) is 69.4 cm³/mol. The molecule has 2 aromatic rings. The van der Waals surface area contributed by atoms with Gasteiger partial charge in [-0.1, -0.05) is 6.07 Å². The number of thiophene rings is 1. The van der Waals surface area contributed by atoms with Crippen LogP contribution >= 0.6 is 11.3 Å². The first-order valence-corrected chi connectivity index (χ1v) is 6.40. The van der Waals surface area contributed by atoms with E-state index in [1.165, 1.54) is 7.11 Å². The molecular formula is C13H14O4S. The van der Waals surface area contributed by atoms with Crippen molar-refractivity contribution < 1.29 is 19.7 Å². The van der Waals surface area contributed by atoms with Crippen molar-refractivity contribution in [3.63, 3.8) is 0 Å². The Bertz CT molecular complexity index is 549. The van der Waals surface area contributed by atoms with E-state index in [4.69, 9.17) is 0 Å². The highest BCUT2D eigenvalue weighted by Crippen LogP contribution is 2.26. The first kappa shape index (κ1) is 13.0. The van der Waals surface area contributed by atoms with Crippen LogP contribution in [0.4, 0.5) is 0 Å². The maximum Gasteiger partial charge on any atom is 0.308 e. The van der Waals surface area contributed by atoms with E-state index in [1.807, 2.05) is 23.6 Å². The summed E-state index contributed by atoms with van der Waals surface area (Å²) in [5.41, 5.74) is 0.595. The van der Waals surface area contributed by atoms with E-state index in [0.29, 0.717) is 5.56 Å². The van der Waals surface area contributed by atoms with Gasteiger partial charge in [0.15, 0.2) is 0 Å². The highest BCUT2D eigenvalue weighted by atomic mass is 32.1. The van der Waals surface area contributed by atoms with Gasteiger partial charge in [0.25, 0.3) is 0 Å². The Balaban J connectivity index is 2.16. The van der Waals surface area contributed by atoms with E-state index in [9.17, 15) is 15.0 Å². The Kier molecular flexibility index (Phi) is 3.96. The first-order chi connectivity index (χ1) is 8.61. The molecular weight excluding hydrogens is 252 g/mol. The van der Waals surface area contributed by atoms with Crippen molar-refractivity contribution in [1.29, 1.82) is 0 Å². The van der Waals surface area contributed by atoms with E-state index < -0.39 is 18.2 Å². The van der Waals surface area contributed by atoms with Gasteiger partial charge in [0.05, 0.1) is 19.6 Å². The van der Waals surface area contributed by atoms with Gasteiger partial charge in [-0.25, -0.2) is 0 Å². The molecule has 0 amide bonds. The fraction of sp³-hybridized carbons (Fsp3) is 0.308. The van der Waals surface area contributed by atoms with Gasteiger partial charge < -0.3 is 14.9 Å². The van der Waals surface area contributed by atoms with Gasteiger partial charge in [-0.2, -0.15) is 0 Å². The number of ether oxygens (including phenoxy) is 1. The van der Waals surface area contributed by atoms with Crippen molar-refractivity contribution in [2.24, 2.45) is 0 Å². The lowest BCUT2D eigenvalue weighted by molar-refractivity contribution is -0.144. The van der Waals surface area contributed by atoms with Crippen LogP contribution in [0.25, 0.3) is 10.1 Å². The number of rotatable bonds is 4. The Morgan fingerprint density at radius 3 is 2.89 bits per heavy atom. The van der Waals surface area contributed by atoms with Crippen molar-refractivity contribution in [2.75, 3.05) is 7.11 Å². The smallest absolute Gasteiger partial charge is 0.308 e. The number of fused-ring (bicyclic) bond motifs is 1. The third-order valence-electron chi connectivity index (χ3n) is 2.79. The van der Waals surface area contributed by atoms with Crippen LogP contribution < -0.4 is 0 Å². The number of aliphatic hydroxyl groups is 2. The van der Waals surface area contributed by atoms with E-state index in [0.717, 1.165) is 10.1 Å². The Morgan fingerprint density at radius 1 is 1.39 bits per heavy atom. The molecule has 2 atom stereocenters. The summed E-state index contributed by atoms with van der Waals surface area (Å²) < 4.78 is 5.58. The SMILES string of the molecule is COC(=O)CC(O)C(O)c1ccc2sccc2c1. The van der Waals surface area contributed by atoms with E-state index in [1.54, 1.807) is 17.4 Å². The number of esters is 1. The largest absolute Gasteiger partial charge is 0.469 e. The molecule has 1 heterocycles. The summed E-state index contributed by atoms with van der Waals surface area (Å²) in [5.74, 6) is -0.543. The Hall–Kier alpha value is -1.43. The maximum absolute atomic E-state index is 11.0. The monoisotopic (exact) mass is 266 g/mol. The summed E-state index contributed by atoms with van der Waals surface area (Å²) in [4.78, 5) is 11.0. The van der Waals surface area contributed by atoms with Crippen LogP contribution in [0.1, 0.15) is 18.1 Å². The molecule has 0 radical (unpaired) electrons. The second-order valence-corrected chi connectivity index (χ2v) is 4.96. The number of aliphatic hydroxyl groups excluding tert-OH is 2. The number of hydrogen-bond donors (Lipinski definition) is 2. The molecule has 0 saturated heterocycles. The Labute approximate surface area is 108 Å². The van der Waals surface area contributed by atoms with Crippen LogP contribution in [0.3, 0.4) is 0 Å². The minimum Gasteiger partial charge on any atom is -0.469 e. The zero-order valence-corrected chi connectivity index (χ0v) is 10.7. The zero-order valence-electron chi connectivity index (χ0n) is 9.87. The summed E-state index contributed by atoms with van der Waals surface area (Å²) in [6.07, 6.45) is -2.47. The van der Waals surface area contributed by atoms with Crippen molar-refractivity contribution >= 4 is 27.4 Å². The molecule has 96 valence electrons. The second kappa shape index (κ2) is 5.48. The lowest BCUT2D eigenvalue weighted by atomic mass is 10.0. The van der Waals surface area contributed by atoms with Crippen molar-refractivity contribution in [3.8, 4) is 0 Å². The summed E-state index contributed by atoms with van der Waals surface area (Å²) in [7, 11) is 1.25. The molecule has 0 saturated carbocycles. The lowest BCUT2D eigenvalue weighted by Gasteiger charge is -2.17. The third-order valence-corrected chi connectivity index (χ3v) is 3.68. The minimum atomic E-state index is -1.16. The van der Waals surface area contributed by atoms with E-state index in [-0.39, 0.29) is 6.42 Å². The van der Waals surface area contributed by atoms with Gasteiger partial charge in [-0.15, -0.1) is 11.3 Å². The van der Waals surface area contributed by atoms with Gasteiger partial charge in [0.2, 0.25) is 0 Å². The molecule has 4 nitrogen and oxygen atoms in total. The summed E-state index contributed by atoms with van der Waals surface area (Å²) in [6, 6.07) is 7.41. The summed E-state index contributed by atoms with van der Waals surface area (Å²) in [6.45, 7) is 0. The fourth-order valence-corrected chi connectivity index (χ4v) is 2.53. The van der Waals surface area contributed by atoms with Crippen LogP contribution in [-0.2, 0) is 9.53 Å². The number of methoxy groups -OCH3 is 1. The quantitative estimate of drug-likeness (QED) is 0.829. The fourth-order valence-electron chi connectivity index (χ4n) is 1.76. The second-order valence-electron chi connectivity index (χ2n) is 4.01. The van der Waals surface area contributed by atoms with E-state index in [2.05, 4.69) is 4.74 Å². The molecule has 1 aromatic carbocycles. The van der Waals surface area contributed by atoms with Crippen molar-refractivity contribution in [2.45, 2.75) is 18.6 Å². The van der Waals surface area contributed by atoms with Crippen LogP contribution in [0.2, 0.25) is 0 Å². The average Bonchev–Trinajstić information content (AvgIpc) is 2.84. The predicted octanol–water partition coefficient (Wildman–Crippen LogP) is 1.86. The lowest BCUT2D eigenvalue weighted by Crippen LogP contribution is -2.22. The molecule has 0 bridgehead atoms. The minimum absolute atomic E-state index is 0.223. The molecule has 2 N–H and O–H groups in total. The van der Waals surface area contributed by atoms with Crippen LogP contribution in [0.15, 0.2) is 29.6 Å². The number of carbonyl (C=O) groups excluding carboxylic acids is 1. The molecule has 0 fully saturated rings. The maximum atomic E-state index is 11.0. The number of carbonyl (C=O) groups is 1. The molecule has 2 unspecified atom stereocenters. The van der Waals surface area contributed by atoms with Gasteiger partial charge in [0.1, 0.15) is 6.10 Å². The molecule has 0 spiro atoms. The molecule has 0 aliphatic carbocycles. The van der Waals surface area contributed by atoms with Crippen LogP contribution in [0.5, 0.6) is 0 Å². The van der Waals surface area contributed by atoms with Gasteiger partial charge in [-0.05, 0) is 34.5 Å². The van der Waals surface area contributed by atoms with E-state index >= 15 is 0 Å². The van der Waals surface area contributed by atoms with Crippen molar-refractivity contribution in [1.82, 2.24) is 0 Å². The number of hydrogen-bond acceptors (Lipinski definition) is 5. The summed E-state index contributed by atoms with van der Waals surface area (Å²) in [5, 5.41) is 22.7. The average molecular weight is 266 g/mol. The zero-order chi connectivity index (χ0) is 13.1. The van der Waals surface area contributed by atoms with Gasteiger partial charge in [0, 0.05) is 4.70 Å². The normalized spacial score (nSPS) is 14.4. The molecule has 0 aliphatic heterocycles. The topological polar surface area (TPSA) is 66.8 Å². The number of benzene rings is 1. The molecule has 0 aliphatic rings. The highest BCUT2D eigenvalue weighted by molar-refractivity contribution is 7.17. The van der Waals surface area contributed by atoms with Crippen LogP contribution in [0, 0.1) is 0 Å². The first-order valence-electron chi connectivity index (χ1n) is 5.52. The highest BCUT2D eigenvalue weighted by Gasteiger charge is 2.22. The van der Waals surface area contributed by atoms with Gasteiger partial charge >= 0.3 is 5.97 Å². The molecule has 2 rings (SSSR count). The van der Waals surface area contributed by atoms with Crippen molar-refractivity contribution in [3.05, 3.63) is 35.2 Å². The Morgan fingerprint density at radius 2 is 2.17 bits per heavy atom.